The van der Waals surface area contributed by atoms with Gasteiger partial charge in [-0.05, 0) is 12.5 Å². The minimum atomic E-state index is -1.09. The van der Waals surface area contributed by atoms with Gasteiger partial charge in [0.1, 0.15) is 16.8 Å². The number of carbonyl (C=O) groups excluding carboxylic acids is 1. The summed E-state index contributed by atoms with van der Waals surface area (Å²) in [4.78, 5) is 24.2. The fourth-order valence-electron chi connectivity index (χ4n) is 1.97. The van der Waals surface area contributed by atoms with Gasteiger partial charge in [-0.3, -0.25) is 9.69 Å². The summed E-state index contributed by atoms with van der Waals surface area (Å²) in [6.07, 6.45) is 1.53. The van der Waals surface area contributed by atoms with Gasteiger partial charge in [-0.25, -0.2) is 4.79 Å². The quantitative estimate of drug-likeness (QED) is 0.305. The second-order valence-electron chi connectivity index (χ2n) is 3.87. The summed E-state index contributed by atoms with van der Waals surface area (Å²) in [5, 5.41) is 20.3. The molecule has 1 atom stereocenters. The summed E-state index contributed by atoms with van der Waals surface area (Å²) < 4.78 is 0. The number of allylic oxidation sites excluding steroid dienone is 1. The lowest BCUT2D eigenvalue weighted by molar-refractivity contribution is -0.141. The first kappa shape index (κ1) is 63.1. The predicted octanol–water partition coefficient (Wildman–Crippen LogP) is -9.48. The van der Waals surface area contributed by atoms with E-state index in [1.54, 1.807) is 6.92 Å². The molecule has 19 nitrogen and oxygen atoms in total. The monoisotopic (exact) mass is 480 g/mol. The average molecular weight is 480 g/mol. The van der Waals surface area contributed by atoms with Gasteiger partial charge in [-0.15, -0.1) is 11.8 Å². The van der Waals surface area contributed by atoms with Crippen LogP contribution in [0.2, 0.25) is 0 Å². The molecule has 1 amide bonds. The molecule has 3 rings (SSSR count). The number of rotatable bonds is 2. The van der Waals surface area contributed by atoms with Crippen LogP contribution in [0.4, 0.5) is 0 Å². The summed E-state index contributed by atoms with van der Waals surface area (Å²) in [7, 11) is 0. The van der Waals surface area contributed by atoms with E-state index in [9.17, 15) is 9.59 Å². The molecule has 1 aromatic heterocycles. The standard InChI is InChI=1S/C10H8N4O3S.12H2O/c1-4(5-2-11-13-12-5)7-8(15)14-6(10(16)17)3-18-9(7)14;;;;;;;;;;;;/h2-3,9H,1H3,(H,16,17)(H,11,12,13);12*1H2/b7-4-;;;;;;;;;;;;/t9-;;;;;;;;;;;;/m0............/s1. The average Bonchev–Trinajstić information content (AvgIpc) is 2.95. The fraction of sp³-hybridized carbons (Fsp3) is 0.200. The molecule has 0 aromatic carbocycles. The normalized spacial score (nSPS) is 14.7. The van der Waals surface area contributed by atoms with E-state index < -0.39 is 5.97 Å². The van der Waals surface area contributed by atoms with Crippen molar-refractivity contribution in [2.75, 3.05) is 0 Å². The molecule has 1 fully saturated rings. The van der Waals surface area contributed by atoms with Gasteiger partial charge in [0.05, 0.1) is 11.8 Å². The Labute approximate surface area is 171 Å². The Bertz CT molecular complexity index is 623. The molecule has 0 spiro atoms. The number of carboxylic acids is 1. The molecule has 0 bridgehead atoms. The van der Waals surface area contributed by atoms with Gasteiger partial charge in [0.15, 0.2) is 0 Å². The van der Waals surface area contributed by atoms with Crippen LogP contribution < -0.4 is 0 Å². The Morgan fingerprint density at radius 2 is 1.47 bits per heavy atom. The molecule has 26 N–H and O–H groups in total. The maximum atomic E-state index is 12.0. The predicted molar refractivity (Wildman–Crippen MR) is 106 cm³/mol. The second-order valence-corrected chi connectivity index (χ2v) is 4.82. The zero-order valence-corrected chi connectivity index (χ0v) is 16.1. The maximum Gasteiger partial charge on any atom is 0.353 e. The number of fused-ring (bicyclic) bond motifs is 1. The largest absolute Gasteiger partial charge is 0.477 e. The summed E-state index contributed by atoms with van der Waals surface area (Å²) in [6.45, 7) is 1.78. The lowest BCUT2D eigenvalue weighted by Gasteiger charge is -2.38. The summed E-state index contributed by atoms with van der Waals surface area (Å²) in [5.41, 5.74) is 1.94. The van der Waals surface area contributed by atoms with Gasteiger partial charge in [0.25, 0.3) is 5.91 Å². The molecule has 20 heteroatoms. The van der Waals surface area contributed by atoms with E-state index >= 15 is 0 Å². The topological polar surface area (TPSA) is 477 Å². The van der Waals surface area contributed by atoms with Crippen molar-refractivity contribution in [2.45, 2.75) is 12.3 Å². The smallest absolute Gasteiger partial charge is 0.353 e. The van der Waals surface area contributed by atoms with Crippen LogP contribution in [0.1, 0.15) is 12.6 Å². The lowest BCUT2D eigenvalue weighted by Crippen LogP contribution is -2.51. The number of amides is 1. The van der Waals surface area contributed by atoms with Gasteiger partial charge in [-0.2, -0.15) is 15.4 Å². The van der Waals surface area contributed by atoms with Crippen molar-refractivity contribution < 1.29 is 80.4 Å². The Balaban J connectivity index is -0.0000000417. The third-order valence-corrected chi connectivity index (χ3v) is 3.98. The third kappa shape index (κ3) is 8.84. The van der Waals surface area contributed by atoms with E-state index in [2.05, 4.69) is 15.4 Å². The van der Waals surface area contributed by atoms with Crippen LogP contribution in [-0.2, 0) is 9.59 Å². The Hall–Kier alpha value is -2.57. The van der Waals surface area contributed by atoms with E-state index in [0.29, 0.717) is 11.3 Å². The summed E-state index contributed by atoms with van der Waals surface area (Å²) in [6, 6.07) is 0. The number of nitrogens with zero attached hydrogens (tertiary/aromatic N) is 3. The number of β-lactam (4-membered cyclic amide) rings is 1. The van der Waals surface area contributed by atoms with E-state index in [0.717, 1.165) is 5.57 Å². The van der Waals surface area contributed by atoms with Crippen molar-refractivity contribution >= 4 is 29.2 Å². The molecule has 0 saturated carbocycles. The van der Waals surface area contributed by atoms with Crippen molar-refractivity contribution in [3.63, 3.8) is 0 Å². The Kier molecular flexibility index (Phi) is 47.8. The molecule has 30 heavy (non-hydrogen) atoms. The number of hydrogen-bond donors (Lipinski definition) is 2. The van der Waals surface area contributed by atoms with Crippen LogP contribution in [0.25, 0.3) is 5.57 Å². The van der Waals surface area contributed by atoms with E-state index in [4.69, 9.17) is 5.11 Å². The number of H-pyrrole nitrogens is 1. The van der Waals surface area contributed by atoms with Crippen LogP contribution in [0.3, 0.4) is 0 Å². The molecule has 2 aliphatic rings. The van der Waals surface area contributed by atoms with E-state index in [1.165, 1.54) is 28.3 Å². The van der Waals surface area contributed by atoms with Crippen LogP contribution in [-0.4, -0.2) is 108 Å². The Morgan fingerprint density at radius 3 is 1.83 bits per heavy atom. The highest BCUT2D eigenvalue weighted by Gasteiger charge is 2.50. The highest BCUT2D eigenvalue weighted by Crippen LogP contribution is 2.46. The molecule has 188 valence electrons. The molecule has 0 radical (unpaired) electrons. The zero-order valence-electron chi connectivity index (χ0n) is 15.2. The van der Waals surface area contributed by atoms with Crippen molar-refractivity contribution in [2.24, 2.45) is 0 Å². The van der Waals surface area contributed by atoms with Crippen molar-refractivity contribution in [1.82, 2.24) is 20.3 Å². The van der Waals surface area contributed by atoms with Gasteiger partial charge < -0.3 is 70.8 Å². The number of carboxylic acid groups (broad SMARTS) is 1. The Morgan fingerprint density at radius 1 is 1.00 bits per heavy atom. The SMILES string of the molecule is C/C(=C1\C(=O)N2C(C(=O)O)=CS[C@@H]12)c1cn[nH]n1.O.O.O.O.O.O.O.O.O.O.O.O. The molecular formula is C10H32N4O15S. The summed E-state index contributed by atoms with van der Waals surface area (Å²) in [5.74, 6) is -1.37. The van der Waals surface area contributed by atoms with Crippen molar-refractivity contribution in [3.8, 4) is 0 Å². The maximum absolute atomic E-state index is 12.0. The van der Waals surface area contributed by atoms with Crippen LogP contribution >= 0.6 is 11.8 Å². The second kappa shape index (κ2) is 22.7. The van der Waals surface area contributed by atoms with Crippen LogP contribution in [0.15, 0.2) is 22.9 Å². The first-order chi connectivity index (χ1) is 8.61. The molecule has 1 saturated heterocycles. The van der Waals surface area contributed by atoms with Crippen molar-refractivity contribution in [1.29, 1.82) is 0 Å². The molecule has 0 unspecified atom stereocenters. The molecular weight excluding hydrogens is 448 g/mol. The number of aromatic nitrogens is 3. The number of carbonyl (C=O) groups is 2. The van der Waals surface area contributed by atoms with Gasteiger partial charge in [0.2, 0.25) is 0 Å². The van der Waals surface area contributed by atoms with Crippen LogP contribution in [0, 0.1) is 0 Å². The lowest BCUT2D eigenvalue weighted by atomic mass is 9.98. The number of nitrogens with one attached hydrogen (secondary N) is 1. The first-order valence-electron chi connectivity index (χ1n) is 5.10. The zero-order chi connectivity index (χ0) is 12.9. The summed E-state index contributed by atoms with van der Waals surface area (Å²) >= 11 is 1.31. The molecule has 1 aromatic rings. The van der Waals surface area contributed by atoms with Crippen molar-refractivity contribution in [3.05, 3.63) is 28.6 Å². The van der Waals surface area contributed by atoms with Gasteiger partial charge in [-0.1, -0.05) is 0 Å². The number of thioether (sulfide) groups is 1. The number of aliphatic carboxylic acids is 1. The minimum Gasteiger partial charge on any atom is -0.477 e. The van der Waals surface area contributed by atoms with Gasteiger partial charge in [0, 0.05) is 5.41 Å². The first-order valence-corrected chi connectivity index (χ1v) is 6.05. The van der Waals surface area contributed by atoms with Gasteiger partial charge >= 0.3 is 5.97 Å². The highest BCUT2D eigenvalue weighted by molar-refractivity contribution is 8.03. The third-order valence-electron chi connectivity index (χ3n) is 2.92. The molecule has 3 heterocycles. The van der Waals surface area contributed by atoms with E-state index in [-0.39, 0.29) is 82.7 Å². The number of hydrogen-bond acceptors (Lipinski definition) is 5. The van der Waals surface area contributed by atoms with E-state index in [1.807, 2.05) is 0 Å². The highest BCUT2D eigenvalue weighted by atomic mass is 32.2. The fourth-order valence-corrected chi connectivity index (χ4v) is 3.19. The van der Waals surface area contributed by atoms with Crippen LogP contribution in [0.5, 0.6) is 0 Å². The molecule has 2 aliphatic heterocycles. The minimum absolute atomic E-state index is 0. The molecule has 0 aliphatic carbocycles. The number of aromatic amines is 1.